The lowest BCUT2D eigenvalue weighted by Gasteiger charge is -2.39. The van der Waals surface area contributed by atoms with Gasteiger partial charge in [0.25, 0.3) is 0 Å². The molecule has 1 fully saturated rings. The second-order valence-electron chi connectivity index (χ2n) is 9.48. The van der Waals surface area contributed by atoms with Crippen molar-refractivity contribution < 1.29 is 14.3 Å². The maximum absolute atomic E-state index is 12.0. The third-order valence-corrected chi connectivity index (χ3v) is 6.75. The van der Waals surface area contributed by atoms with Crippen LogP contribution in [-0.4, -0.2) is 46.9 Å². The number of aromatic nitrogens is 2. The van der Waals surface area contributed by atoms with E-state index in [2.05, 4.69) is 57.6 Å². The van der Waals surface area contributed by atoms with Crippen molar-refractivity contribution in [3.63, 3.8) is 0 Å². The highest BCUT2D eigenvalue weighted by molar-refractivity contribution is 9.10. The fourth-order valence-corrected chi connectivity index (χ4v) is 4.79. The van der Waals surface area contributed by atoms with E-state index in [4.69, 9.17) is 14.6 Å². The molecule has 1 aliphatic rings. The van der Waals surface area contributed by atoms with Gasteiger partial charge in [-0.05, 0) is 50.1 Å². The van der Waals surface area contributed by atoms with E-state index in [1.54, 1.807) is 0 Å². The number of para-hydroxylation sites is 1. The minimum atomic E-state index is -0.250. The Morgan fingerprint density at radius 1 is 1.21 bits per heavy atom. The zero-order valence-corrected chi connectivity index (χ0v) is 21.9. The van der Waals surface area contributed by atoms with Gasteiger partial charge in [0.05, 0.1) is 18.5 Å². The Balaban J connectivity index is 1.46. The summed E-state index contributed by atoms with van der Waals surface area (Å²) >= 11 is 3.60. The normalized spacial score (nSPS) is 14.5. The monoisotopic (exact) mass is 527 g/mol. The van der Waals surface area contributed by atoms with Crippen LogP contribution >= 0.6 is 15.9 Å². The lowest BCUT2D eigenvalue weighted by atomic mass is 9.99. The maximum Gasteiger partial charge on any atom is 0.310 e. The highest BCUT2D eigenvalue weighted by Gasteiger charge is 2.27. The number of ether oxygens (including phenoxy) is 2. The van der Waals surface area contributed by atoms with E-state index in [1.165, 1.54) is 13.0 Å². The molecular formula is C27H34BrN3O3. The van der Waals surface area contributed by atoms with E-state index in [1.807, 2.05) is 31.2 Å². The third-order valence-electron chi connectivity index (χ3n) is 6.25. The fraction of sp³-hybridized carbons (Fsp3) is 0.481. The lowest BCUT2D eigenvalue weighted by Crippen LogP contribution is -2.48. The molecule has 1 aliphatic heterocycles. The number of likely N-dealkylation sites (tertiary alicyclic amines) is 1. The van der Waals surface area contributed by atoms with E-state index in [0.29, 0.717) is 24.9 Å². The average molecular weight is 528 g/mol. The predicted molar refractivity (Wildman–Crippen MR) is 138 cm³/mol. The Labute approximate surface area is 210 Å². The standard InChI is InChI=1S/C27H34BrN3O3/c1-4-33-27(32)13-21-7-5-6-8-26(21)34-18-24-23-14-22(28)9-10-25(23)31(29-24)17-20-15-30(16-20)12-11-19(2)3/h5-10,14,19-20H,4,11-13,15-18H2,1-3H3. The van der Waals surface area contributed by atoms with Gasteiger partial charge in [0.2, 0.25) is 0 Å². The van der Waals surface area contributed by atoms with Crippen LogP contribution in [0, 0.1) is 11.8 Å². The summed E-state index contributed by atoms with van der Waals surface area (Å²) in [6.45, 7) is 11.5. The number of benzene rings is 2. The van der Waals surface area contributed by atoms with Gasteiger partial charge in [-0.15, -0.1) is 0 Å². The molecule has 0 atom stereocenters. The van der Waals surface area contributed by atoms with Crippen LogP contribution < -0.4 is 4.74 Å². The molecule has 1 saturated heterocycles. The summed E-state index contributed by atoms with van der Waals surface area (Å²) in [6.07, 6.45) is 1.45. The molecule has 0 saturated carbocycles. The first kappa shape index (κ1) is 24.7. The van der Waals surface area contributed by atoms with Gasteiger partial charge in [0, 0.05) is 41.0 Å². The molecule has 0 unspecified atom stereocenters. The molecule has 0 N–H and O–H groups in total. The van der Waals surface area contributed by atoms with Crippen molar-refractivity contribution in [2.45, 2.75) is 46.8 Å². The SMILES string of the molecule is CCOC(=O)Cc1ccccc1OCc1nn(CC2CN(CCC(C)C)C2)c2ccc(Br)cc12. The van der Waals surface area contributed by atoms with E-state index in [0.717, 1.165) is 52.2 Å². The lowest BCUT2D eigenvalue weighted by molar-refractivity contribution is -0.142. The Morgan fingerprint density at radius 3 is 2.76 bits per heavy atom. The number of nitrogens with zero attached hydrogens (tertiary/aromatic N) is 3. The van der Waals surface area contributed by atoms with E-state index < -0.39 is 0 Å². The molecule has 0 amide bonds. The molecule has 182 valence electrons. The molecule has 0 aliphatic carbocycles. The van der Waals surface area contributed by atoms with Crippen LogP contribution in [0.1, 0.15) is 38.4 Å². The van der Waals surface area contributed by atoms with Gasteiger partial charge >= 0.3 is 5.97 Å². The van der Waals surface area contributed by atoms with Crippen molar-refractivity contribution in [3.8, 4) is 5.75 Å². The van der Waals surface area contributed by atoms with Crippen LogP contribution in [0.15, 0.2) is 46.9 Å². The first-order valence-electron chi connectivity index (χ1n) is 12.2. The Kier molecular flexibility index (Phi) is 8.27. The van der Waals surface area contributed by atoms with E-state index in [9.17, 15) is 4.79 Å². The highest BCUT2D eigenvalue weighted by atomic mass is 79.9. The van der Waals surface area contributed by atoms with Crippen molar-refractivity contribution in [3.05, 3.63) is 58.2 Å². The topological polar surface area (TPSA) is 56.6 Å². The number of carbonyl (C=O) groups excluding carboxylic acids is 1. The zero-order valence-electron chi connectivity index (χ0n) is 20.3. The van der Waals surface area contributed by atoms with Crippen LogP contribution in [0.25, 0.3) is 10.9 Å². The molecule has 1 aromatic heterocycles. The number of hydrogen-bond donors (Lipinski definition) is 0. The Hall–Kier alpha value is -2.38. The quantitative estimate of drug-likeness (QED) is 0.310. The van der Waals surface area contributed by atoms with Gasteiger partial charge < -0.3 is 14.4 Å². The molecule has 7 heteroatoms. The third kappa shape index (κ3) is 6.19. The molecule has 4 rings (SSSR count). The molecular weight excluding hydrogens is 494 g/mol. The molecule has 0 radical (unpaired) electrons. The summed E-state index contributed by atoms with van der Waals surface area (Å²) in [7, 11) is 0. The van der Waals surface area contributed by atoms with Gasteiger partial charge in [-0.3, -0.25) is 9.48 Å². The second-order valence-corrected chi connectivity index (χ2v) is 10.4. The van der Waals surface area contributed by atoms with Crippen molar-refractivity contribution >= 4 is 32.8 Å². The summed E-state index contributed by atoms with van der Waals surface area (Å²) in [6, 6.07) is 13.9. The Bertz CT molecular complexity index is 1120. The molecule has 0 spiro atoms. The van der Waals surface area contributed by atoms with Crippen molar-refractivity contribution in [1.82, 2.24) is 14.7 Å². The van der Waals surface area contributed by atoms with Gasteiger partial charge in [-0.2, -0.15) is 5.10 Å². The first-order chi connectivity index (χ1) is 16.4. The molecule has 2 aromatic carbocycles. The number of fused-ring (bicyclic) bond motifs is 1. The summed E-state index contributed by atoms with van der Waals surface area (Å²) in [5.41, 5.74) is 2.85. The fourth-order valence-electron chi connectivity index (χ4n) is 4.43. The van der Waals surface area contributed by atoms with Gasteiger partial charge in [0.1, 0.15) is 18.1 Å². The van der Waals surface area contributed by atoms with Crippen molar-refractivity contribution in [2.24, 2.45) is 11.8 Å². The minimum absolute atomic E-state index is 0.194. The second kappa shape index (κ2) is 11.4. The summed E-state index contributed by atoms with van der Waals surface area (Å²) < 4.78 is 14.4. The van der Waals surface area contributed by atoms with Gasteiger partial charge in [-0.25, -0.2) is 0 Å². The zero-order chi connectivity index (χ0) is 24.1. The van der Waals surface area contributed by atoms with Crippen molar-refractivity contribution in [1.29, 1.82) is 0 Å². The molecule has 2 heterocycles. The van der Waals surface area contributed by atoms with Crippen LogP contribution in [0.2, 0.25) is 0 Å². The van der Waals surface area contributed by atoms with E-state index >= 15 is 0 Å². The number of hydrogen-bond acceptors (Lipinski definition) is 5. The van der Waals surface area contributed by atoms with Gasteiger partial charge in [-0.1, -0.05) is 48.0 Å². The average Bonchev–Trinajstić information content (AvgIpc) is 3.11. The molecule has 0 bridgehead atoms. The van der Waals surface area contributed by atoms with E-state index in [-0.39, 0.29) is 12.4 Å². The van der Waals surface area contributed by atoms with Crippen LogP contribution in [-0.2, 0) is 29.1 Å². The summed E-state index contributed by atoms with van der Waals surface area (Å²) in [4.78, 5) is 14.5. The predicted octanol–water partition coefficient (Wildman–Crippen LogP) is 5.46. The molecule has 34 heavy (non-hydrogen) atoms. The van der Waals surface area contributed by atoms with Crippen LogP contribution in [0.3, 0.4) is 0 Å². The summed E-state index contributed by atoms with van der Waals surface area (Å²) in [5.74, 6) is 1.81. The summed E-state index contributed by atoms with van der Waals surface area (Å²) in [5, 5.41) is 6.04. The number of carbonyl (C=O) groups is 1. The van der Waals surface area contributed by atoms with Crippen LogP contribution in [0.4, 0.5) is 0 Å². The first-order valence-corrected chi connectivity index (χ1v) is 13.0. The smallest absolute Gasteiger partial charge is 0.310 e. The minimum Gasteiger partial charge on any atom is -0.487 e. The van der Waals surface area contributed by atoms with Gasteiger partial charge in [0.15, 0.2) is 0 Å². The molecule has 6 nitrogen and oxygen atoms in total. The van der Waals surface area contributed by atoms with Crippen LogP contribution in [0.5, 0.6) is 5.75 Å². The maximum atomic E-state index is 12.0. The highest BCUT2D eigenvalue weighted by Crippen LogP contribution is 2.28. The Morgan fingerprint density at radius 2 is 2.00 bits per heavy atom. The number of esters is 1. The largest absolute Gasteiger partial charge is 0.487 e. The molecule has 3 aromatic rings. The number of halogens is 1. The van der Waals surface area contributed by atoms with Crippen molar-refractivity contribution in [2.75, 3.05) is 26.2 Å². The number of rotatable bonds is 11.